The third-order valence-electron chi connectivity index (χ3n) is 6.33. The van der Waals surface area contributed by atoms with E-state index in [2.05, 4.69) is 46.4 Å². The zero-order valence-corrected chi connectivity index (χ0v) is 18.1. The van der Waals surface area contributed by atoms with Gasteiger partial charge in [-0.05, 0) is 49.4 Å². The largest absolute Gasteiger partial charge is 0.397 e. The molecule has 2 aromatic heterocycles. The SMILES string of the molecule is CC1CN(c2nc(Nc3ccc(C4CCCCC4)cc3)c3cc(N)cnc3n2)CCO1. The lowest BCUT2D eigenvalue weighted by Crippen LogP contribution is -2.42. The van der Waals surface area contributed by atoms with Gasteiger partial charge < -0.3 is 20.7 Å². The van der Waals surface area contributed by atoms with Crippen molar-refractivity contribution in [3.63, 3.8) is 0 Å². The highest BCUT2D eigenvalue weighted by Crippen LogP contribution is 2.34. The number of hydrogen-bond acceptors (Lipinski definition) is 7. The average Bonchev–Trinajstić information content (AvgIpc) is 2.80. The fraction of sp³-hybridized carbons (Fsp3) is 0.458. The molecule has 3 heterocycles. The van der Waals surface area contributed by atoms with E-state index in [9.17, 15) is 0 Å². The maximum absolute atomic E-state index is 6.01. The Bertz CT molecular complexity index is 1050. The summed E-state index contributed by atoms with van der Waals surface area (Å²) in [6.45, 7) is 4.26. The molecule has 0 amide bonds. The van der Waals surface area contributed by atoms with Crippen molar-refractivity contribution in [1.29, 1.82) is 0 Å². The number of hydrogen-bond donors (Lipinski definition) is 2. The van der Waals surface area contributed by atoms with Crippen molar-refractivity contribution >= 4 is 34.2 Å². The summed E-state index contributed by atoms with van der Waals surface area (Å²) in [6.07, 6.45) is 8.45. The van der Waals surface area contributed by atoms with Crippen LogP contribution in [0.1, 0.15) is 50.5 Å². The Morgan fingerprint density at radius 1 is 1.10 bits per heavy atom. The van der Waals surface area contributed by atoms with Gasteiger partial charge in [-0.2, -0.15) is 9.97 Å². The summed E-state index contributed by atoms with van der Waals surface area (Å²) in [4.78, 5) is 16.2. The molecule has 1 saturated carbocycles. The van der Waals surface area contributed by atoms with E-state index in [1.165, 1.54) is 37.7 Å². The standard InChI is InChI=1S/C24H30N6O/c1-16-15-30(11-12-31-16)24-28-22-21(13-19(25)14-26-22)23(29-24)27-20-9-7-18(8-10-20)17-5-3-2-4-6-17/h7-10,13-14,16-17H,2-6,11-12,15,25H2,1H3,(H,26,27,28,29). The predicted octanol–water partition coefficient (Wildman–Crippen LogP) is 4.62. The van der Waals surface area contributed by atoms with Gasteiger partial charge in [-0.25, -0.2) is 4.98 Å². The van der Waals surface area contributed by atoms with Gasteiger partial charge in [-0.15, -0.1) is 0 Å². The Morgan fingerprint density at radius 2 is 1.90 bits per heavy atom. The fourth-order valence-corrected chi connectivity index (χ4v) is 4.67. The summed E-state index contributed by atoms with van der Waals surface area (Å²) in [6, 6.07) is 10.7. The molecule has 0 spiro atoms. The van der Waals surface area contributed by atoms with Crippen LogP contribution in [0, 0.1) is 0 Å². The Kier molecular flexibility index (Phi) is 5.59. The predicted molar refractivity (Wildman–Crippen MR) is 125 cm³/mol. The molecular formula is C24H30N6O. The highest BCUT2D eigenvalue weighted by atomic mass is 16.5. The molecule has 5 rings (SSSR count). The van der Waals surface area contributed by atoms with Gasteiger partial charge in [0.05, 0.1) is 30.0 Å². The number of nitrogens with one attached hydrogen (secondary N) is 1. The van der Waals surface area contributed by atoms with Crippen molar-refractivity contribution in [3.05, 3.63) is 42.1 Å². The van der Waals surface area contributed by atoms with E-state index in [0.29, 0.717) is 29.8 Å². The van der Waals surface area contributed by atoms with Gasteiger partial charge in [0.1, 0.15) is 5.82 Å². The molecular weight excluding hydrogens is 388 g/mol. The van der Waals surface area contributed by atoms with Crippen molar-refractivity contribution in [2.24, 2.45) is 0 Å². The van der Waals surface area contributed by atoms with Crippen LogP contribution in [0.15, 0.2) is 36.5 Å². The van der Waals surface area contributed by atoms with Crippen LogP contribution in [-0.2, 0) is 4.74 Å². The lowest BCUT2D eigenvalue weighted by atomic mass is 9.84. The maximum atomic E-state index is 6.01. The summed E-state index contributed by atoms with van der Waals surface area (Å²) in [5.41, 5.74) is 9.69. The lowest BCUT2D eigenvalue weighted by Gasteiger charge is -2.31. The second kappa shape index (κ2) is 8.67. The molecule has 1 unspecified atom stereocenters. The van der Waals surface area contributed by atoms with Gasteiger partial charge in [0.15, 0.2) is 5.65 Å². The molecule has 2 fully saturated rings. The Balaban J connectivity index is 1.45. The highest BCUT2D eigenvalue weighted by Gasteiger charge is 2.21. The third kappa shape index (κ3) is 4.42. The number of anilines is 4. The van der Waals surface area contributed by atoms with E-state index < -0.39 is 0 Å². The zero-order valence-electron chi connectivity index (χ0n) is 18.1. The van der Waals surface area contributed by atoms with E-state index >= 15 is 0 Å². The molecule has 3 N–H and O–H groups in total. The Morgan fingerprint density at radius 3 is 2.68 bits per heavy atom. The van der Waals surface area contributed by atoms with E-state index in [1.54, 1.807) is 6.20 Å². The number of benzene rings is 1. The normalized spacial score (nSPS) is 20.2. The summed E-state index contributed by atoms with van der Waals surface area (Å²) >= 11 is 0. The Hall–Kier alpha value is -2.93. The van der Waals surface area contributed by atoms with Crippen molar-refractivity contribution in [1.82, 2.24) is 15.0 Å². The Labute approximate surface area is 183 Å². The lowest BCUT2D eigenvalue weighted by molar-refractivity contribution is 0.0526. The van der Waals surface area contributed by atoms with Gasteiger partial charge >= 0.3 is 0 Å². The van der Waals surface area contributed by atoms with Crippen LogP contribution in [0.4, 0.5) is 23.1 Å². The van der Waals surface area contributed by atoms with Crippen molar-refractivity contribution < 1.29 is 4.74 Å². The van der Waals surface area contributed by atoms with Gasteiger partial charge in [-0.1, -0.05) is 31.4 Å². The first-order chi connectivity index (χ1) is 15.2. The number of nitrogen functional groups attached to an aromatic ring is 1. The fourth-order valence-electron chi connectivity index (χ4n) is 4.67. The van der Waals surface area contributed by atoms with Crippen molar-refractivity contribution in [3.8, 4) is 0 Å². The van der Waals surface area contributed by atoms with Crippen LogP contribution in [0.25, 0.3) is 11.0 Å². The first-order valence-corrected chi connectivity index (χ1v) is 11.3. The number of nitrogens with two attached hydrogens (primary N) is 1. The zero-order chi connectivity index (χ0) is 21.2. The van der Waals surface area contributed by atoms with Gasteiger partial charge in [0.2, 0.25) is 5.95 Å². The minimum atomic E-state index is 0.149. The summed E-state index contributed by atoms with van der Waals surface area (Å²) < 4.78 is 5.67. The number of morpholine rings is 1. The molecule has 7 heteroatoms. The molecule has 1 aromatic carbocycles. The van der Waals surface area contributed by atoms with Crippen LogP contribution < -0.4 is 16.0 Å². The smallest absolute Gasteiger partial charge is 0.229 e. The van der Waals surface area contributed by atoms with Crippen molar-refractivity contribution in [2.45, 2.75) is 51.0 Å². The number of nitrogens with zero attached hydrogens (tertiary/aromatic N) is 4. The number of ether oxygens (including phenoxy) is 1. The average molecular weight is 419 g/mol. The quantitative estimate of drug-likeness (QED) is 0.639. The first-order valence-electron chi connectivity index (χ1n) is 11.3. The third-order valence-corrected chi connectivity index (χ3v) is 6.33. The molecule has 1 aliphatic carbocycles. The molecule has 0 bridgehead atoms. The number of rotatable bonds is 4. The van der Waals surface area contributed by atoms with E-state index in [1.807, 2.05) is 6.07 Å². The van der Waals surface area contributed by atoms with Gasteiger partial charge in [0, 0.05) is 18.8 Å². The van der Waals surface area contributed by atoms with E-state index in [4.69, 9.17) is 20.4 Å². The van der Waals surface area contributed by atoms with Gasteiger partial charge in [-0.3, -0.25) is 0 Å². The minimum absolute atomic E-state index is 0.149. The molecule has 3 aromatic rings. The molecule has 162 valence electrons. The van der Waals surface area contributed by atoms with E-state index in [-0.39, 0.29) is 6.10 Å². The van der Waals surface area contributed by atoms with Crippen LogP contribution >= 0.6 is 0 Å². The minimum Gasteiger partial charge on any atom is -0.397 e. The van der Waals surface area contributed by atoms with Gasteiger partial charge in [0.25, 0.3) is 0 Å². The maximum Gasteiger partial charge on any atom is 0.229 e. The first kappa shape index (κ1) is 20.0. The highest BCUT2D eigenvalue weighted by molar-refractivity contribution is 5.91. The number of aromatic nitrogens is 3. The number of fused-ring (bicyclic) bond motifs is 1. The second-order valence-corrected chi connectivity index (χ2v) is 8.72. The molecule has 0 radical (unpaired) electrons. The topological polar surface area (TPSA) is 89.2 Å². The summed E-state index contributed by atoms with van der Waals surface area (Å²) in [7, 11) is 0. The molecule has 7 nitrogen and oxygen atoms in total. The van der Waals surface area contributed by atoms with Crippen LogP contribution in [-0.4, -0.2) is 40.8 Å². The van der Waals surface area contributed by atoms with E-state index in [0.717, 1.165) is 30.0 Å². The monoisotopic (exact) mass is 418 g/mol. The molecule has 1 aliphatic heterocycles. The second-order valence-electron chi connectivity index (χ2n) is 8.72. The van der Waals surface area contributed by atoms with Crippen LogP contribution in [0.2, 0.25) is 0 Å². The summed E-state index contributed by atoms with van der Waals surface area (Å²) in [5, 5.41) is 4.31. The molecule has 31 heavy (non-hydrogen) atoms. The van der Waals surface area contributed by atoms with Crippen molar-refractivity contribution in [2.75, 3.05) is 35.6 Å². The molecule has 2 aliphatic rings. The molecule has 1 atom stereocenters. The van der Waals surface area contributed by atoms with Crippen LogP contribution in [0.3, 0.4) is 0 Å². The molecule has 1 saturated heterocycles. The summed E-state index contributed by atoms with van der Waals surface area (Å²) in [5.74, 6) is 2.09. The van der Waals surface area contributed by atoms with Crippen LogP contribution in [0.5, 0.6) is 0 Å². The number of pyridine rings is 1.